The zero-order valence-electron chi connectivity index (χ0n) is 17.6. The molecule has 1 heterocycles. The average Bonchev–Trinajstić information content (AvgIpc) is 2.69. The highest BCUT2D eigenvalue weighted by atomic mass is 35.5. The van der Waals surface area contributed by atoms with Crippen molar-refractivity contribution in [2.24, 2.45) is 5.73 Å². The van der Waals surface area contributed by atoms with E-state index in [-0.39, 0.29) is 58.0 Å². The smallest absolute Gasteiger partial charge is 0.340 e. The number of nitrogens with one attached hydrogen (secondary N) is 1. The van der Waals surface area contributed by atoms with E-state index in [9.17, 15) is 8.42 Å². The molecule has 0 spiro atoms. The molecular weight excluding hydrogens is 499 g/mol. The maximum atomic E-state index is 12.9. The molecule has 3 rings (SSSR count). The summed E-state index contributed by atoms with van der Waals surface area (Å²) in [5, 5.41) is 7.51. The van der Waals surface area contributed by atoms with Crippen molar-refractivity contribution in [3.8, 4) is 11.5 Å². The molecule has 1 aliphatic rings. The molecule has 12 heteroatoms. The minimum atomic E-state index is -4.23. The van der Waals surface area contributed by atoms with Gasteiger partial charge in [-0.25, -0.2) is 0 Å². The number of likely N-dealkylation sites (tertiary alicyclic amines) is 1. The van der Waals surface area contributed by atoms with E-state index >= 15 is 0 Å². The van der Waals surface area contributed by atoms with Crippen molar-refractivity contribution in [3.63, 3.8) is 0 Å². The summed E-state index contributed by atoms with van der Waals surface area (Å²) in [6.07, 6.45) is 1.51. The Morgan fingerprint density at radius 2 is 1.84 bits per heavy atom. The van der Waals surface area contributed by atoms with Crippen molar-refractivity contribution in [1.82, 2.24) is 4.90 Å². The summed E-state index contributed by atoms with van der Waals surface area (Å²) >= 11 is 6.09. The molecule has 32 heavy (non-hydrogen) atoms. The molecule has 1 aliphatic heterocycles. The molecule has 8 nitrogen and oxygen atoms in total. The lowest BCUT2D eigenvalue weighted by Gasteiger charge is -2.33. The number of anilines is 1. The van der Waals surface area contributed by atoms with Gasteiger partial charge in [-0.15, -0.1) is 24.8 Å². The molecule has 2 aromatic rings. The van der Waals surface area contributed by atoms with E-state index in [0.717, 1.165) is 24.0 Å². The minimum absolute atomic E-state index is 0. The van der Waals surface area contributed by atoms with Crippen LogP contribution in [0.25, 0.3) is 0 Å². The number of hydrogen-bond acceptors (Lipinski definition) is 6. The van der Waals surface area contributed by atoms with Gasteiger partial charge in [-0.05, 0) is 49.4 Å². The highest BCUT2D eigenvalue weighted by Gasteiger charge is 2.28. The molecule has 178 valence electrons. The van der Waals surface area contributed by atoms with Gasteiger partial charge in [-0.3, -0.25) is 5.41 Å². The highest BCUT2D eigenvalue weighted by molar-refractivity contribution is 7.87. The predicted octanol–water partition coefficient (Wildman–Crippen LogP) is 3.92. The maximum Gasteiger partial charge on any atom is 0.340 e. The van der Waals surface area contributed by atoms with Crippen molar-refractivity contribution in [2.75, 3.05) is 25.9 Å². The van der Waals surface area contributed by atoms with Gasteiger partial charge in [0, 0.05) is 18.7 Å². The SMILES string of the molecule is COc1c(OS(=O)(=O)c2cccc(N)c2Cl)cc(C)cc1C1CCN(C(=N)N)CC1.Cl.Cl. The Morgan fingerprint density at radius 1 is 1.22 bits per heavy atom. The Balaban J connectivity index is 0.00000256. The first-order valence-electron chi connectivity index (χ1n) is 9.40. The maximum absolute atomic E-state index is 12.9. The van der Waals surface area contributed by atoms with Crippen LogP contribution in [0.4, 0.5) is 5.69 Å². The first-order chi connectivity index (χ1) is 14.1. The molecule has 0 radical (unpaired) electrons. The van der Waals surface area contributed by atoms with Crippen LogP contribution in [0.15, 0.2) is 35.2 Å². The fraction of sp³-hybridized carbons (Fsp3) is 0.350. The minimum Gasteiger partial charge on any atom is -0.492 e. The third-order valence-electron chi connectivity index (χ3n) is 5.17. The van der Waals surface area contributed by atoms with Crippen LogP contribution in [0.3, 0.4) is 0 Å². The van der Waals surface area contributed by atoms with E-state index in [1.165, 1.54) is 25.3 Å². The predicted molar refractivity (Wildman–Crippen MR) is 131 cm³/mol. The molecule has 1 saturated heterocycles. The van der Waals surface area contributed by atoms with Crippen molar-refractivity contribution < 1.29 is 17.3 Å². The molecular formula is C20H27Cl3N4O4S. The molecule has 1 fully saturated rings. The second-order valence-corrected chi connectivity index (χ2v) is 9.12. The number of benzene rings is 2. The summed E-state index contributed by atoms with van der Waals surface area (Å²) < 4.78 is 36.8. The summed E-state index contributed by atoms with van der Waals surface area (Å²) in [4.78, 5) is 1.60. The van der Waals surface area contributed by atoms with E-state index in [0.29, 0.717) is 18.8 Å². The van der Waals surface area contributed by atoms with Crippen LogP contribution in [0, 0.1) is 12.3 Å². The fourth-order valence-corrected chi connectivity index (χ4v) is 5.11. The lowest BCUT2D eigenvalue weighted by Crippen LogP contribution is -2.41. The molecule has 0 bridgehead atoms. The van der Waals surface area contributed by atoms with Crippen molar-refractivity contribution in [3.05, 3.63) is 46.5 Å². The van der Waals surface area contributed by atoms with Gasteiger partial charge in [0.1, 0.15) is 4.90 Å². The Labute approximate surface area is 205 Å². The zero-order chi connectivity index (χ0) is 22.1. The van der Waals surface area contributed by atoms with Gasteiger partial charge in [0.05, 0.1) is 17.8 Å². The quantitative estimate of drug-likeness (QED) is 0.233. The number of nitrogens with zero attached hydrogens (tertiary/aromatic N) is 1. The van der Waals surface area contributed by atoms with Gasteiger partial charge in [0.15, 0.2) is 17.5 Å². The normalized spacial score (nSPS) is 14.2. The first kappa shape index (κ1) is 28.0. The van der Waals surface area contributed by atoms with Gasteiger partial charge in [-0.2, -0.15) is 8.42 Å². The number of rotatable bonds is 5. The van der Waals surface area contributed by atoms with E-state index in [4.69, 9.17) is 37.4 Å². The topological polar surface area (TPSA) is 132 Å². The number of piperidine rings is 1. The number of nitrogens with two attached hydrogens (primary N) is 2. The lowest BCUT2D eigenvalue weighted by molar-refractivity contribution is 0.301. The summed E-state index contributed by atoms with van der Waals surface area (Å²) in [7, 11) is -2.75. The monoisotopic (exact) mass is 524 g/mol. The summed E-state index contributed by atoms with van der Waals surface area (Å²) in [5.74, 6) is 0.640. The average molecular weight is 526 g/mol. The van der Waals surface area contributed by atoms with Crippen molar-refractivity contribution in [1.29, 1.82) is 5.41 Å². The van der Waals surface area contributed by atoms with Crippen LogP contribution in [0.1, 0.15) is 29.9 Å². The van der Waals surface area contributed by atoms with Gasteiger partial charge < -0.3 is 25.3 Å². The van der Waals surface area contributed by atoms with Crippen LogP contribution in [0.2, 0.25) is 5.02 Å². The molecule has 0 saturated carbocycles. The molecule has 2 aromatic carbocycles. The highest BCUT2D eigenvalue weighted by Crippen LogP contribution is 2.42. The van der Waals surface area contributed by atoms with Crippen LogP contribution in [-0.4, -0.2) is 39.5 Å². The van der Waals surface area contributed by atoms with E-state index < -0.39 is 10.1 Å². The van der Waals surface area contributed by atoms with Crippen LogP contribution in [-0.2, 0) is 10.1 Å². The Morgan fingerprint density at radius 3 is 2.41 bits per heavy atom. The van der Waals surface area contributed by atoms with Crippen molar-refractivity contribution >= 4 is 58.2 Å². The lowest BCUT2D eigenvalue weighted by atomic mass is 9.88. The largest absolute Gasteiger partial charge is 0.492 e. The van der Waals surface area contributed by atoms with E-state index in [1.54, 1.807) is 6.07 Å². The van der Waals surface area contributed by atoms with Crippen molar-refractivity contribution in [2.45, 2.75) is 30.6 Å². The third-order valence-corrected chi connectivity index (χ3v) is 6.98. The number of guanidine groups is 1. The van der Waals surface area contributed by atoms with Crippen LogP contribution >= 0.6 is 36.4 Å². The number of hydrogen-bond donors (Lipinski definition) is 3. The Hall–Kier alpha value is -2.07. The molecule has 0 atom stereocenters. The second kappa shape index (κ2) is 11.2. The Kier molecular flexibility index (Phi) is 9.77. The van der Waals surface area contributed by atoms with Gasteiger partial charge in [0.25, 0.3) is 0 Å². The second-order valence-electron chi connectivity index (χ2n) is 7.23. The summed E-state index contributed by atoms with van der Waals surface area (Å²) in [6.45, 7) is 3.15. The molecule has 0 amide bonds. The van der Waals surface area contributed by atoms with Gasteiger partial charge in [-0.1, -0.05) is 23.7 Å². The summed E-state index contributed by atoms with van der Waals surface area (Å²) in [5.41, 5.74) is 13.2. The third kappa shape index (κ3) is 5.83. The molecule has 5 N–H and O–H groups in total. The number of aryl methyl sites for hydroxylation is 1. The standard InChI is InChI=1S/C20H25ClN4O4S.2ClH/c1-12-10-14(13-6-8-25(9-7-13)20(23)24)19(28-2)16(11-12)29-30(26,27)17-5-3-4-15(22)18(17)21;;/h3-5,10-11,13H,6-9,22H2,1-2H3,(H3,23,24);2*1H. The zero-order valence-corrected chi connectivity index (χ0v) is 20.8. The number of methoxy groups -OCH3 is 1. The van der Waals surface area contributed by atoms with Gasteiger partial charge >= 0.3 is 10.1 Å². The molecule has 0 aliphatic carbocycles. The number of nitrogen functional groups attached to an aromatic ring is 1. The van der Waals surface area contributed by atoms with Crippen LogP contribution < -0.4 is 20.4 Å². The van der Waals surface area contributed by atoms with E-state index in [2.05, 4.69) is 0 Å². The first-order valence-corrected chi connectivity index (χ1v) is 11.2. The fourth-order valence-electron chi connectivity index (χ4n) is 3.67. The summed E-state index contributed by atoms with van der Waals surface area (Å²) in [6, 6.07) is 7.94. The molecule has 0 unspecified atom stereocenters. The van der Waals surface area contributed by atoms with Crippen LogP contribution in [0.5, 0.6) is 11.5 Å². The molecule has 0 aromatic heterocycles. The number of ether oxygens (including phenoxy) is 1. The number of halogens is 3. The van der Waals surface area contributed by atoms with E-state index in [1.807, 2.05) is 17.9 Å². The van der Waals surface area contributed by atoms with Gasteiger partial charge in [0.2, 0.25) is 0 Å². The Bertz CT molecular complexity index is 1070.